The molecular weight excluding hydrogens is 310 g/mol. The van der Waals surface area contributed by atoms with Gasteiger partial charge in [0.15, 0.2) is 0 Å². The van der Waals surface area contributed by atoms with E-state index >= 15 is 0 Å². The van der Waals surface area contributed by atoms with E-state index in [1.807, 2.05) is 19.0 Å². The van der Waals surface area contributed by atoms with Gasteiger partial charge in [-0.25, -0.2) is 4.79 Å². The van der Waals surface area contributed by atoms with Gasteiger partial charge in [-0.3, -0.25) is 0 Å². The van der Waals surface area contributed by atoms with Crippen molar-refractivity contribution in [2.24, 2.45) is 0 Å². The van der Waals surface area contributed by atoms with Gasteiger partial charge in [0.25, 0.3) is 0 Å². The summed E-state index contributed by atoms with van der Waals surface area (Å²) >= 11 is 5.65. The molecule has 0 atom stereocenters. The van der Waals surface area contributed by atoms with Gasteiger partial charge < -0.3 is 9.64 Å². The molecule has 23 heavy (non-hydrogen) atoms. The molecule has 0 aromatic rings. The monoisotopic (exact) mass is 345 g/mol. The van der Waals surface area contributed by atoms with Crippen molar-refractivity contribution in [2.45, 2.75) is 70.6 Å². The summed E-state index contributed by atoms with van der Waals surface area (Å²) in [4.78, 5) is 13.7. The van der Waals surface area contributed by atoms with Crippen LogP contribution in [0.1, 0.15) is 70.6 Å². The number of esters is 1. The molecule has 0 amide bonds. The number of ether oxygens (including phenoxy) is 1. The van der Waals surface area contributed by atoms with Crippen LogP contribution in [0.3, 0.4) is 0 Å². The number of nitrogens with zero attached hydrogens (tertiary/aromatic N) is 1. The molecule has 0 aromatic heterocycles. The Morgan fingerprint density at radius 3 is 1.87 bits per heavy atom. The Hall–Kier alpha value is -0.540. The second kappa shape index (κ2) is 16.3. The number of likely N-dealkylation sites (N-methyl/N-ethyl adjacent to an activating group) is 1. The number of halogens is 1. The van der Waals surface area contributed by atoms with Crippen molar-refractivity contribution >= 4 is 17.6 Å². The number of hydrogen-bond acceptors (Lipinski definition) is 3. The molecular formula is C19H36ClNO2. The molecule has 0 radical (unpaired) electrons. The number of unbranched alkanes of at least 4 members (excludes halogenated alkanes) is 9. The maximum atomic E-state index is 11.7. The summed E-state index contributed by atoms with van der Waals surface area (Å²) < 4.78 is 5.18. The summed E-state index contributed by atoms with van der Waals surface area (Å²) in [6.07, 6.45) is 13.3. The van der Waals surface area contributed by atoms with Crippen LogP contribution in [0.15, 0.2) is 12.2 Å². The molecule has 0 aromatic carbocycles. The zero-order valence-electron chi connectivity index (χ0n) is 15.2. The fraction of sp³-hybridized carbons (Fsp3) is 0.842. The standard InChI is InChI=1S/C19H36ClNO2/c1-18(19(22)23-17-16-21(2)3)14-12-10-8-6-4-5-7-9-11-13-15-20/h1,4-17H2,2-3H3. The Morgan fingerprint density at radius 2 is 1.39 bits per heavy atom. The first-order valence-electron chi connectivity index (χ1n) is 9.13. The first-order chi connectivity index (χ1) is 11.1. The third kappa shape index (κ3) is 16.1. The van der Waals surface area contributed by atoms with Gasteiger partial charge in [-0.1, -0.05) is 57.9 Å². The number of rotatable bonds is 16. The van der Waals surface area contributed by atoms with Crippen LogP contribution in [0, 0.1) is 0 Å². The van der Waals surface area contributed by atoms with Crippen molar-refractivity contribution in [1.29, 1.82) is 0 Å². The van der Waals surface area contributed by atoms with Crippen LogP contribution in [0.2, 0.25) is 0 Å². The van der Waals surface area contributed by atoms with E-state index in [4.69, 9.17) is 16.3 Å². The lowest BCUT2D eigenvalue weighted by atomic mass is 10.0. The predicted molar refractivity (Wildman–Crippen MR) is 100 cm³/mol. The van der Waals surface area contributed by atoms with E-state index in [1.165, 1.54) is 51.4 Å². The molecule has 0 unspecified atom stereocenters. The Balaban J connectivity index is 3.33. The first kappa shape index (κ1) is 22.5. The third-order valence-electron chi connectivity index (χ3n) is 3.92. The number of hydrogen-bond donors (Lipinski definition) is 0. The maximum Gasteiger partial charge on any atom is 0.333 e. The molecule has 0 aliphatic rings. The summed E-state index contributed by atoms with van der Waals surface area (Å²) in [5.41, 5.74) is 0.614. The normalized spacial score (nSPS) is 11.0. The highest BCUT2D eigenvalue weighted by molar-refractivity contribution is 6.17. The predicted octanol–water partition coefficient (Wildman–Crippen LogP) is 5.18. The van der Waals surface area contributed by atoms with Gasteiger partial charge in [-0.05, 0) is 33.4 Å². The fourth-order valence-corrected chi connectivity index (χ4v) is 2.56. The van der Waals surface area contributed by atoms with E-state index in [1.54, 1.807) is 0 Å². The van der Waals surface area contributed by atoms with Gasteiger partial charge in [0, 0.05) is 18.0 Å². The largest absolute Gasteiger partial charge is 0.461 e. The van der Waals surface area contributed by atoms with Gasteiger partial charge in [-0.15, -0.1) is 11.6 Å². The van der Waals surface area contributed by atoms with E-state index in [0.29, 0.717) is 12.2 Å². The van der Waals surface area contributed by atoms with E-state index in [0.717, 1.165) is 31.7 Å². The molecule has 0 spiro atoms. The molecule has 0 rings (SSSR count). The lowest BCUT2D eigenvalue weighted by molar-refractivity contribution is -0.139. The molecule has 0 aliphatic heterocycles. The van der Waals surface area contributed by atoms with Crippen molar-refractivity contribution in [2.75, 3.05) is 33.1 Å². The summed E-state index contributed by atoms with van der Waals surface area (Å²) in [6, 6.07) is 0. The van der Waals surface area contributed by atoms with Crippen molar-refractivity contribution < 1.29 is 9.53 Å². The summed E-state index contributed by atoms with van der Waals surface area (Å²) in [7, 11) is 3.92. The highest BCUT2D eigenvalue weighted by atomic mass is 35.5. The second-order valence-corrected chi connectivity index (χ2v) is 6.90. The number of carbonyl (C=O) groups excluding carboxylic acids is 1. The van der Waals surface area contributed by atoms with Crippen LogP contribution >= 0.6 is 11.6 Å². The molecule has 136 valence electrons. The minimum absolute atomic E-state index is 0.233. The van der Waals surface area contributed by atoms with E-state index in [-0.39, 0.29) is 5.97 Å². The molecule has 3 nitrogen and oxygen atoms in total. The summed E-state index contributed by atoms with van der Waals surface area (Å²) in [5, 5.41) is 0. The van der Waals surface area contributed by atoms with Crippen molar-refractivity contribution in [3.8, 4) is 0 Å². The highest BCUT2D eigenvalue weighted by Gasteiger charge is 2.08. The van der Waals surface area contributed by atoms with Crippen molar-refractivity contribution in [3.05, 3.63) is 12.2 Å². The molecule has 0 fully saturated rings. The van der Waals surface area contributed by atoms with Crippen LogP contribution in [0.25, 0.3) is 0 Å². The smallest absolute Gasteiger partial charge is 0.333 e. The minimum Gasteiger partial charge on any atom is -0.461 e. The Kier molecular flexibility index (Phi) is 15.9. The fourth-order valence-electron chi connectivity index (χ4n) is 2.37. The topological polar surface area (TPSA) is 29.5 Å². The highest BCUT2D eigenvalue weighted by Crippen LogP contribution is 2.13. The minimum atomic E-state index is -0.233. The SMILES string of the molecule is C=C(CCCCCCCCCCCCCl)C(=O)OCCN(C)C. The zero-order chi connectivity index (χ0) is 17.3. The summed E-state index contributed by atoms with van der Waals surface area (Å²) in [5.74, 6) is 0.567. The molecule has 4 heteroatoms. The number of carbonyl (C=O) groups is 1. The molecule has 0 aliphatic carbocycles. The average molecular weight is 346 g/mol. The van der Waals surface area contributed by atoms with Crippen LogP contribution in [0.5, 0.6) is 0 Å². The van der Waals surface area contributed by atoms with Gasteiger partial charge in [0.1, 0.15) is 6.61 Å². The van der Waals surface area contributed by atoms with Gasteiger partial charge in [0.2, 0.25) is 0 Å². The van der Waals surface area contributed by atoms with Crippen LogP contribution < -0.4 is 0 Å². The summed E-state index contributed by atoms with van der Waals surface area (Å²) in [6.45, 7) is 5.03. The van der Waals surface area contributed by atoms with Crippen LogP contribution in [-0.2, 0) is 9.53 Å². The molecule has 0 heterocycles. The second-order valence-electron chi connectivity index (χ2n) is 6.52. The molecule has 0 saturated heterocycles. The Bertz CT molecular complexity index is 306. The molecule has 0 bridgehead atoms. The van der Waals surface area contributed by atoms with Crippen molar-refractivity contribution in [1.82, 2.24) is 4.90 Å². The van der Waals surface area contributed by atoms with Gasteiger partial charge in [-0.2, -0.15) is 0 Å². The van der Waals surface area contributed by atoms with E-state index in [2.05, 4.69) is 6.58 Å². The van der Waals surface area contributed by atoms with Crippen LogP contribution in [0.4, 0.5) is 0 Å². The van der Waals surface area contributed by atoms with Gasteiger partial charge in [0.05, 0.1) is 0 Å². The van der Waals surface area contributed by atoms with E-state index in [9.17, 15) is 4.79 Å². The van der Waals surface area contributed by atoms with Crippen molar-refractivity contribution in [3.63, 3.8) is 0 Å². The first-order valence-corrected chi connectivity index (χ1v) is 9.67. The van der Waals surface area contributed by atoms with Gasteiger partial charge >= 0.3 is 5.97 Å². The lowest BCUT2D eigenvalue weighted by Crippen LogP contribution is -2.20. The molecule has 0 N–H and O–H groups in total. The quantitative estimate of drug-likeness (QED) is 0.167. The van der Waals surface area contributed by atoms with E-state index < -0.39 is 0 Å². The zero-order valence-corrected chi connectivity index (χ0v) is 16.0. The van der Waals surface area contributed by atoms with Crippen LogP contribution in [-0.4, -0.2) is 44.0 Å². The lowest BCUT2D eigenvalue weighted by Gasteiger charge is -2.11. The Labute approximate surface area is 148 Å². The molecule has 0 saturated carbocycles. The average Bonchev–Trinajstić information content (AvgIpc) is 2.51. The third-order valence-corrected chi connectivity index (χ3v) is 4.19. The Morgan fingerprint density at radius 1 is 0.913 bits per heavy atom. The number of alkyl halides is 1. The maximum absolute atomic E-state index is 11.7.